The molecule has 106 valence electrons. The van der Waals surface area contributed by atoms with Crippen molar-refractivity contribution in [3.05, 3.63) is 47.5 Å². The summed E-state index contributed by atoms with van der Waals surface area (Å²) < 4.78 is 0. The highest BCUT2D eigenvalue weighted by Crippen LogP contribution is 2.47. The van der Waals surface area contributed by atoms with E-state index in [2.05, 4.69) is 50.2 Å². The molecule has 0 aromatic heterocycles. The summed E-state index contributed by atoms with van der Waals surface area (Å²) in [6, 6.07) is 12.7. The van der Waals surface area contributed by atoms with Crippen molar-refractivity contribution >= 4 is 10.8 Å². The van der Waals surface area contributed by atoms with Gasteiger partial charge in [0.15, 0.2) is 0 Å². The zero-order valence-electron chi connectivity index (χ0n) is 12.5. The first-order valence-corrected chi connectivity index (χ1v) is 7.78. The van der Waals surface area contributed by atoms with E-state index in [1.165, 1.54) is 35.6 Å². The smallest absolute Gasteiger partial charge is 0.0849 e. The Morgan fingerprint density at radius 3 is 2.30 bits per heavy atom. The Morgan fingerprint density at radius 2 is 1.60 bits per heavy atom. The summed E-state index contributed by atoms with van der Waals surface area (Å²) in [5.74, 6) is 0. The van der Waals surface area contributed by atoms with E-state index in [1.807, 2.05) is 0 Å². The minimum atomic E-state index is -0.353. The highest BCUT2D eigenvalue weighted by Gasteiger charge is 2.35. The molecule has 1 nitrogen and oxygen atoms in total. The van der Waals surface area contributed by atoms with E-state index in [4.69, 9.17) is 0 Å². The topological polar surface area (TPSA) is 20.2 Å². The summed E-state index contributed by atoms with van der Waals surface area (Å²) in [7, 11) is 0. The predicted octanol–water partition coefficient (Wildman–Crippen LogP) is 5.15. The second kappa shape index (κ2) is 5.21. The zero-order valence-corrected chi connectivity index (χ0v) is 12.5. The molecule has 2 aromatic rings. The molecule has 0 amide bonds. The van der Waals surface area contributed by atoms with E-state index in [0.717, 1.165) is 18.4 Å². The van der Waals surface area contributed by atoms with Crippen molar-refractivity contribution in [2.75, 3.05) is 0 Å². The van der Waals surface area contributed by atoms with E-state index in [9.17, 15) is 5.11 Å². The number of aliphatic hydroxyl groups excluding tert-OH is 1. The summed E-state index contributed by atoms with van der Waals surface area (Å²) >= 11 is 0. The summed E-state index contributed by atoms with van der Waals surface area (Å²) in [6.07, 6.45) is 5.73. The van der Waals surface area contributed by atoms with E-state index in [1.54, 1.807) is 0 Å². The first-order valence-electron chi connectivity index (χ1n) is 7.78. The Morgan fingerprint density at radius 1 is 0.950 bits per heavy atom. The summed E-state index contributed by atoms with van der Waals surface area (Å²) in [6.45, 7) is 4.40. The molecule has 0 radical (unpaired) electrons. The van der Waals surface area contributed by atoms with Crippen LogP contribution in [-0.4, -0.2) is 5.11 Å². The fourth-order valence-corrected chi connectivity index (χ4v) is 3.72. The fourth-order valence-electron chi connectivity index (χ4n) is 3.72. The van der Waals surface area contributed by atoms with Gasteiger partial charge in [0.25, 0.3) is 0 Å². The van der Waals surface area contributed by atoms with Crippen LogP contribution in [0.5, 0.6) is 0 Å². The van der Waals surface area contributed by atoms with Crippen molar-refractivity contribution in [1.82, 2.24) is 0 Å². The molecular weight excluding hydrogens is 244 g/mol. The van der Waals surface area contributed by atoms with Crippen LogP contribution in [0, 0.1) is 12.3 Å². The van der Waals surface area contributed by atoms with E-state index < -0.39 is 0 Å². The van der Waals surface area contributed by atoms with Gasteiger partial charge in [-0.2, -0.15) is 0 Å². The number of benzene rings is 2. The van der Waals surface area contributed by atoms with E-state index in [-0.39, 0.29) is 11.5 Å². The van der Waals surface area contributed by atoms with Gasteiger partial charge in [-0.05, 0) is 47.1 Å². The van der Waals surface area contributed by atoms with Crippen LogP contribution in [0.3, 0.4) is 0 Å². The van der Waals surface area contributed by atoms with E-state index >= 15 is 0 Å². The quantitative estimate of drug-likeness (QED) is 0.798. The van der Waals surface area contributed by atoms with Crippen LogP contribution in [0.2, 0.25) is 0 Å². The lowest BCUT2D eigenvalue weighted by Gasteiger charge is -2.38. The molecule has 1 fully saturated rings. The van der Waals surface area contributed by atoms with Gasteiger partial charge < -0.3 is 5.11 Å². The summed E-state index contributed by atoms with van der Waals surface area (Å²) in [4.78, 5) is 0. The van der Waals surface area contributed by atoms with Crippen molar-refractivity contribution in [3.63, 3.8) is 0 Å². The third-order valence-electron chi connectivity index (χ3n) is 5.13. The van der Waals surface area contributed by atoms with Crippen molar-refractivity contribution in [3.8, 4) is 0 Å². The molecule has 1 atom stereocenters. The molecular formula is C19H24O. The molecule has 0 aliphatic heterocycles. The molecule has 2 aromatic carbocycles. The Labute approximate surface area is 121 Å². The number of fused-ring (bicyclic) bond motifs is 1. The molecule has 1 aliphatic rings. The van der Waals surface area contributed by atoms with Crippen LogP contribution in [-0.2, 0) is 0 Å². The van der Waals surface area contributed by atoms with Crippen molar-refractivity contribution in [1.29, 1.82) is 0 Å². The fraction of sp³-hybridized carbons (Fsp3) is 0.474. The zero-order chi connectivity index (χ0) is 14.2. The van der Waals surface area contributed by atoms with Gasteiger partial charge in [0.2, 0.25) is 0 Å². The van der Waals surface area contributed by atoms with Gasteiger partial charge >= 0.3 is 0 Å². The molecule has 0 spiro atoms. The number of hydrogen-bond acceptors (Lipinski definition) is 1. The monoisotopic (exact) mass is 268 g/mol. The molecule has 3 rings (SSSR count). The van der Waals surface area contributed by atoms with Crippen molar-refractivity contribution in [2.24, 2.45) is 5.41 Å². The predicted molar refractivity (Wildman–Crippen MR) is 84.8 cm³/mol. The van der Waals surface area contributed by atoms with Crippen molar-refractivity contribution < 1.29 is 5.11 Å². The van der Waals surface area contributed by atoms with Crippen LogP contribution >= 0.6 is 0 Å². The first kappa shape index (κ1) is 13.6. The highest BCUT2D eigenvalue weighted by atomic mass is 16.3. The normalized spacial score (nSPS) is 19.9. The van der Waals surface area contributed by atoms with E-state index in [0.29, 0.717) is 0 Å². The van der Waals surface area contributed by atoms with Crippen LogP contribution < -0.4 is 0 Å². The molecule has 0 bridgehead atoms. The maximum absolute atomic E-state index is 11.0. The summed E-state index contributed by atoms with van der Waals surface area (Å²) in [5, 5.41) is 13.5. The Kier molecular flexibility index (Phi) is 3.55. The maximum atomic E-state index is 11.0. The number of rotatable bonds is 2. The average Bonchev–Trinajstić information content (AvgIpc) is 2.48. The lowest BCUT2D eigenvalue weighted by molar-refractivity contribution is 0.00919. The van der Waals surface area contributed by atoms with Crippen LogP contribution in [0.15, 0.2) is 36.4 Å². The molecule has 0 saturated heterocycles. The van der Waals surface area contributed by atoms with Crippen molar-refractivity contribution in [2.45, 2.75) is 52.1 Å². The first-order chi connectivity index (χ1) is 9.62. The lowest BCUT2D eigenvalue weighted by Crippen LogP contribution is -2.28. The third kappa shape index (κ3) is 2.25. The number of hydrogen-bond donors (Lipinski definition) is 1. The highest BCUT2D eigenvalue weighted by molar-refractivity contribution is 5.88. The Bertz CT molecular complexity index is 608. The van der Waals surface area contributed by atoms with Gasteiger partial charge in [0, 0.05) is 0 Å². The minimum absolute atomic E-state index is 0.0380. The summed E-state index contributed by atoms with van der Waals surface area (Å²) in [5.41, 5.74) is 2.43. The Hall–Kier alpha value is -1.34. The molecule has 1 aliphatic carbocycles. The van der Waals surface area contributed by atoms with Crippen LogP contribution in [0.1, 0.15) is 56.3 Å². The van der Waals surface area contributed by atoms with Gasteiger partial charge in [-0.15, -0.1) is 0 Å². The largest absolute Gasteiger partial charge is 0.388 e. The standard InChI is InChI=1S/C19H24O/c1-14-10-11-17(16-9-5-4-8-15(14)16)18(20)19(2)12-6-3-7-13-19/h4-5,8-11,18,20H,3,6-7,12-13H2,1-2H3. The second-order valence-electron chi connectivity index (χ2n) is 6.63. The minimum Gasteiger partial charge on any atom is -0.388 e. The molecule has 1 saturated carbocycles. The maximum Gasteiger partial charge on any atom is 0.0849 e. The number of aliphatic hydroxyl groups is 1. The van der Waals surface area contributed by atoms with Gasteiger partial charge in [-0.1, -0.05) is 62.6 Å². The lowest BCUT2D eigenvalue weighted by atomic mass is 9.69. The average molecular weight is 268 g/mol. The SMILES string of the molecule is Cc1ccc(C(O)C2(C)CCCCC2)c2ccccc12. The number of aryl methyl sites for hydroxylation is 1. The molecule has 1 N–H and O–H groups in total. The van der Waals surface area contributed by atoms with Gasteiger partial charge in [0.05, 0.1) is 6.10 Å². The van der Waals surface area contributed by atoms with Gasteiger partial charge in [0.1, 0.15) is 0 Å². The molecule has 0 heterocycles. The van der Waals surface area contributed by atoms with Gasteiger partial charge in [-0.25, -0.2) is 0 Å². The molecule has 20 heavy (non-hydrogen) atoms. The van der Waals surface area contributed by atoms with Gasteiger partial charge in [-0.3, -0.25) is 0 Å². The Balaban J connectivity index is 2.08. The molecule has 1 heteroatoms. The molecule has 1 unspecified atom stereocenters. The van der Waals surface area contributed by atoms with Crippen LogP contribution in [0.4, 0.5) is 0 Å². The second-order valence-corrected chi connectivity index (χ2v) is 6.63. The van der Waals surface area contributed by atoms with Crippen LogP contribution in [0.25, 0.3) is 10.8 Å². The third-order valence-corrected chi connectivity index (χ3v) is 5.13.